The third-order valence-electron chi connectivity index (χ3n) is 8.09. The number of nitrogens with zero attached hydrogens (tertiary/aromatic N) is 4. The quantitative estimate of drug-likeness (QED) is 0.256. The summed E-state index contributed by atoms with van der Waals surface area (Å²) in [6, 6.07) is 0.116. The molecule has 202 valence electrons. The van der Waals surface area contributed by atoms with Crippen molar-refractivity contribution in [2.45, 2.75) is 68.7 Å². The van der Waals surface area contributed by atoms with E-state index in [9.17, 15) is 4.79 Å². The standard InChI is InChI=1S/C25H49ClN8O/c1-4-18-5-6-19(26)16-30-20(15-18)23(24(27)28)25(35)31-21-17-29-8-7-22(21)34-13-11-33(12-14-34)10-9-32(2)3/h16,18-24,29H,4-15,17,27-28H2,1-3H3,(H,31,35)/b30-16-. The van der Waals surface area contributed by atoms with Gasteiger partial charge in [-0.25, -0.2) is 0 Å². The Balaban J connectivity index is 1.64. The van der Waals surface area contributed by atoms with E-state index in [1.165, 1.54) is 0 Å². The zero-order chi connectivity index (χ0) is 25.4. The number of halogens is 1. The topological polar surface area (TPSA) is 115 Å². The van der Waals surface area contributed by atoms with Crippen molar-refractivity contribution in [3.63, 3.8) is 0 Å². The van der Waals surface area contributed by atoms with Gasteiger partial charge in [-0.3, -0.25) is 19.6 Å². The van der Waals surface area contributed by atoms with E-state index in [2.05, 4.69) is 46.4 Å². The van der Waals surface area contributed by atoms with Crippen molar-refractivity contribution in [3.8, 4) is 0 Å². The van der Waals surface area contributed by atoms with Crippen LogP contribution >= 0.6 is 11.6 Å². The fourth-order valence-electron chi connectivity index (χ4n) is 5.78. The average molecular weight is 513 g/mol. The summed E-state index contributed by atoms with van der Waals surface area (Å²) in [6.07, 6.45) is 5.87. The Morgan fingerprint density at radius 3 is 2.63 bits per heavy atom. The van der Waals surface area contributed by atoms with Crippen molar-refractivity contribution in [2.75, 3.05) is 66.5 Å². The molecule has 0 spiro atoms. The summed E-state index contributed by atoms with van der Waals surface area (Å²) in [5.41, 5.74) is 12.4. The van der Waals surface area contributed by atoms with Gasteiger partial charge in [0.15, 0.2) is 0 Å². The molecule has 0 saturated carbocycles. The summed E-state index contributed by atoms with van der Waals surface area (Å²) in [7, 11) is 4.24. The number of carbonyl (C=O) groups excluding carboxylic acids is 1. The smallest absolute Gasteiger partial charge is 0.228 e. The Hall–Kier alpha value is -0.810. The molecule has 3 rings (SSSR count). The molecule has 2 saturated heterocycles. The molecule has 2 fully saturated rings. The molecule has 3 aliphatic rings. The molecule has 0 aromatic rings. The van der Waals surface area contributed by atoms with Crippen LogP contribution in [0.2, 0.25) is 0 Å². The Bertz CT molecular complexity index is 670. The highest BCUT2D eigenvalue weighted by Crippen LogP contribution is 2.28. The van der Waals surface area contributed by atoms with Gasteiger partial charge in [0.2, 0.25) is 5.91 Å². The number of likely N-dealkylation sites (N-methyl/N-ethyl adjacent to an activating group) is 1. The van der Waals surface area contributed by atoms with Gasteiger partial charge < -0.3 is 27.0 Å². The van der Waals surface area contributed by atoms with E-state index in [1.54, 1.807) is 6.21 Å². The van der Waals surface area contributed by atoms with Crippen molar-refractivity contribution in [2.24, 2.45) is 28.3 Å². The number of piperazine rings is 1. The monoisotopic (exact) mass is 512 g/mol. The van der Waals surface area contributed by atoms with Crippen LogP contribution in [-0.2, 0) is 4.79 Å². The lowest BCUT2D eigenvalue weighted by molar-refractivity contribution is -0.128. The maximum atomic E-state index is 13.6. The van der Waals surface area contributed by atoms with Crippen molar-refractivity contribution in [3.05, 3.63) is 0 Å². The molecular formula is C25H49ClN8O. The number of rotatable bonds is 9. The number of nitrogens with one attached hydrogen (secondary N) is 2. The number of alkyl halides is 1. The van der Waals surface area contributed by atoms with E-state index in [0.717, 1.165) is 84.5 Å². The average Bonchev–Trinajstić information content (AvgIpc) is 2.82. The number of amides is 1. The molecule has 35 heavy (non-hydrogen) atoms. The summed E-state index contributed by atoms with van der Waals surface area (Å²) in [5.74, 6) is -0.166. The lowest BCUT2D eigenvalue weighted by Crippen LogP contribution is -2.64. The molecule has 0 aromatic carbocycles. The second-order valence-electron chi connectivity index (χ2n) is 10.9. The van der Waals surface area contributed by atoms with Gasteiger partial charge in [-0.2, -0.15) is 0 Å². The van der Waals surface area contributed by atoms with Crippen LogP contribution in [0.5, 0.6) is 0 Å². The van der Waals surface area contributed by atoms with Gasteiger partial charge in [0.25, 0.3) is 0 Å². The van der Waals surface area contributed by atoms with E-state index in [0.29, 0.717) is 12.0 Å². The Kier molecular flexibility index (Phi) is 11.7. The van der Waals surface area contributed by atoms with Crippen molar-refractivity contribution >= 4 is 23.7 Å². The molecule has 0 bridgehead atoms. The fourth-order valence-corrected chi connectivity index (χ4v) is 5.97. The minimum atomic E-state index is -0.766. The van der Waals surface area contributed by atoms with Gasteiger partial charge in [-0.15, -0.1) is 11.6 Å². The third kappa shape index (κ3) is 8.62. The number of hydrogen-bond acceptors (Lipinski definition) is 8. The SMILES string of the molecule is CCC1CCC(Cl)/C=N\C(C(C(=O)NC2CNCCC2N2CCN(CCN(C)C)CC2)C(N)N)C1. The van der Waals surface area contributed by atoms with Crippen LogP contribution < -0.4 is 22.1 Å². The second kappa shape index (κ2) is 14.2. The van der Waals surface area contributed by atoms with E-state index >= 15 is 0 Å². The van der Waals surface area contributed by atoms with E-state index < -0.39 is 12.1 Å². The molecule has 3 aliphatic heterocycles. The largest absolute Gasteiger partial charge is 0.350 e. The lowest BCUT2D eigenvalue weighted by Gasteiger charge is -2.45. The third-order valence-corrected chi connectivity index (χ3v) is 8.42. The zero-order valence-corrected chi connectivity index (χ0v) is 22.8. The molecule has 3 heterocycles. The van der Waals surface area contributed by atoms with Gasteiger partial charge >= 0.3 is 0 Å². The molecule has 6 N–H and O–H groups in total. The van der Waals surface area contributed by atoms with E-state index in [-0.39, 0.29) is 23.4 Å². The first kappa shape index (κ1) is 28.8. The van der Waals surface area contributed by atoms with Crippen molar-refractivity contribution in [1.29, 1.82) is 0 Å². The molecular weight excluding hydrogens is 464 g/mol. The van der Waals surface area contributed by atoms with Crippen LogP contribution in [0.15, 0.2) is 4.99 Å². The second-order valence-corrected chi connectivity index (χ2v) is 11.5. The number of piperidine rings is 1. The van der Waals surface area contributed by atoms with Crippen LogP contribution in [0.4, 0.5) is 0 Å². The van der Waals surface area contributed by atoms with E-state index in [4.69, 9.17) is 28.1 Å². The van der Waals surface area contributed by atoms with Gasteiger partial charge in [0.1, 0.15) is 0 Å². The maximum Gasteiger partial charge on any atom is 0.228 e. The zero-order valence-electron chi connectivity index (χ0n) is 22.0. The number of aliphatic imine (C=N–C) groups is 1. The molecule has 1 amide bonds. The Morgan fingerprint density at radius 2 is 1.97 bits per heavy atom. The lowest BCUT2D eigenvalue weighted by atomic mass is 9.84. The summed E-state index contributed by atoms with van der Waals surface area (Å²) >= 11 is 6.42. The minimum Gasteiger partial charge on any atom is -0.350 e. The first-order chi connectivity index (χ1) is 16.8. The molecule has 0 radical (unpaired) electrons. The maximum absolute atomic E-state index is 13.6. The Morgan fingerprint density at radius 1 is 1.23 bits per heavy atom. The predicted molar refractivity (Wildman–Crippen MR) is 145 cm³/mol. The molecule has 0 aromatic heterocycles. The van der Waals surface area contributed by atoms with Crippen LogP contribution in [-0.4, -0.2) is 123 Å². The van der Waals surface area contributed by atoms with Gasteiger partial charge in [-0.05, 0) is 52.2 Å². The Labute approximate surface area is 217 Å². The molecule has 6 unspecified atom stereocenters. The van der Waals surface area contributed by atoms with Crippen LogP contribution in [0.3, 0.4) is 0 Å². The summed E-state index contributed by atoms with van der Waals surface area (Å²) in [6.45, 7) is 10.3. The molecule has 0 aliphatic carbocycles. The number of carbonyl (C=O) groups is 1. The summed E-state index contributed by atoms with van der Waals surface area (Å²) in [4.78, 5) is 25.7. The van der Waals surface area contributed by atoms with E-state index in [1.807, 2.05) is 0 Å². The highest BCUT2D eigenvalue weighted by Gasteiger charge is 2.38. The summed E-state index contributed by atoms with van der Waals surface area (Å²) < 4.78 is 0. The molecule has 9 nitrogen and oxygen atoms in total. The summed E-state index contributed by atoms with van der Waals surface area (Å²) in [5, 5.41) is 6.71. The molecule has 10 heteroatoms. The van der Waals surface area contributed by atoms with Crippen LogP contribution in [0.1, 0.15) is 39.0 Å². The number of nitrogens with two attached hydrogens (primary N) is 2. The fraction of sp³-hybridized carbons (Fsp3) is 0.920. The first-order valence-electron chi connectivity index (χ1n) is 13.6. The van der Waals surface area contributed by atoms with Gasteiger partial charge in [0, 0.05) is 58.1 Å². The van der Waals surface area contributed by atoms with Gasteiger partial charge in [0.05, 0.1) is 29.5 Å². The first-order valence-corrected chi connectivity index (χ1v) is 14.0. The van der Waals surface area contributed by atoms with Gasteiger partial charge in [-0.1, -0.05) is 13.3 Å². The van der Waals surface area contributed by atoms with Crippen LogP contribution in [0.25, 0.3) is 0 Å². The minimum absolute atomic E-state index is 0.0334. The molecule has 6 atom stereocenters. The normalized spacial score (nSPS) is 33.3. The highest BCUT2D eigenvalue weighted by molar-refractivity contribution is 6.28. The highest BCUT2D eigenvalue weighted by atomic mass is 35.5. The van der Waals surface area contributed by atoms with Crippen molar-refractivity contribution < 1.29 is 4.79 Å². The predicted octanol–water partition coefficient (Wildman–Crippen LogP) is 0.129. The number of hydrogen-bond donors (Lipinski definition) is 4. The van der Waals surface area contributed by atoms with Crippen LogP contribution in [0, 0.1) is 11.8 Å². The van der Waals surface area contributed by atoms with Crippen molar-refractivity contribution in [1.82, 2.24) is 25.3 Å².